The normalized spacial score (nSPS) is 14.5. The van der Waals surface area contributed by atoms with Crippen LogP contribution in [0.3, 0.4) is 0 Å². The van der Waals surface area contributed by atoms with Crippen molar-refractivity contribution in [3.8, 4) is 11.5 Å². The van der Waals surface area contributed by atoms with Crippen molar-refractivity contribution in [1.82, 2.24) is 10.6 Å². The number of benzene rings is 2. The van der Waals surface area contributed by atoms with Gasteiger partial charge in [0, 0.05) is 12.5 Å². The van der Waals surface area contributed by atoms with E-state index in [2.05, 4.69) is 10.6 Å². The molecule has 4 nitrogen and oxygen atoms in total. The van der Waals surface area contributed by atoms with Crippen LogP contribution in [0.1, 0.15) is 18.4 Å². The van der Waals surface area contributed by atoms with E-state index in [0.717, 1.165) is 43.0 Å². The van der Waals surface area contributed by atoms with Gasteiger partial charge >= 0.3 is 0 Å². The van der Waals surface area contributed by atoms with E-state index in [1.807, 2.05) is 54.6 Å². The van der Waals surface area contributed by atoms with Gasteiger partial charge in [-0.05, 0) is 55.8 Å². The van der Waals surface area contributed by atoms with Crippen LogP contribution in [0.25, 0.3) is 0 Å². The quantitative estimate of drug-likeness (QED) is 0.871. The van der Waals surface area contributed by atoms with Gasteiger partial charge in [-0.2, -0.15) is 0 Å². The highest BCUT2D eigenvalue weighted by Gasteiger charge is 2.20. The number of carbonyl (C=O) groups is 1. The second-order valence-corrected chi connectivity index (χ2v) is 5.80. The molecule has 0 aliphatic carbocycles. The first-order valence-corrected chi connectivity index (χ1v) is 8.11. The Morgan fingerprint density at radius 1 is 1.00 bits per heavy atom. The molecule has 0 atom stereocenters. The molecule has 24 heavy (non-hydrogen) atoms. The van der Waals surface area contributed by atoms with Crippen molar-refractivity contribution in [3.63, 3.8) is 0 Å². The van der Waals surface area contributed by atoms with Crippen LogP contribution in [0.5, 0.6) is 11.5 Å². The van der Waals surface area contributed by atoms with E-state index in [0.29, 0.717) is 6.54 Å². The number of para-hydroxylation sites is 1. The molecule has 0 spiro atoms. The number of amides is 1. The van der Waals surface area contributed by atoms with Gasteiger partial charge in [0.25, 0.3) is 0 Å². The first kappa shape index (κ1) is 18.3. The number of rotatable bonds is 5. The molecule has 2 aromatic carbocycles. The molecule has 1 heterocycles. The summed E-state index contributed by atoms with van der Waals surface area (Å²) in [5.41, 5.74) is 1.08. The van der Waals surface area contributed by atoms with E-state index < -0.39 is 0 Å². The van der Waals surface area contributed by atoms with Crippen LogP contribution >= 0.6 is 12.4 Å². The van der Waals surface area contributed by atoms with Crippen LogP contribution in [0.4, 0.5) is 0 Å². The Hall–Kier alpha value is -2.04. The number of carbonyl (C=O) groups excluding carboxylic acids is 1. The minimum Gasteiger partial charge on any atom is -0.457 e. The van der Waals surface area contributed by atoms with E-state index in [4.69, 9.17) is 4.74 Å². The van der Waals surface area contributed by atoms with Gasteiger partial charge in [-0.1, -0.05) is 30.3 Å². The SMILES string of the molecule is Cl.O=C(NCc1ccc(Oc2ccccc2)cc1)C1CCNCC1. The molecule has 1 aliphatic rings. The summed E-state index contributed by atoms with van der Waals surface area (Å²) < 4.78 is 5.76. The maximum Gasteiger partial charge on any atom is 0.223 e. The number of ether oxygens (including phenoxy) is 1. The van der Waals surface area contributed by atoms with Gasteiger partial charge < -0.3 is 15.4 Å². The zero-order valence-corrected chi connectivity index (χ0v) is 14.4. The van der Waals surface area contributed by atoms with Gasteiger partial charge in [0.2, 0.25) is 5.91 Å². The van der Waals surface area contributed by atoms with Crippen molar-refractivity contribution in [3.05, 3.63) is 60.2 Å². The van der Waals surface area contributed by atoms with Gasteiger partial charge in [0.15, 0.2) is 0 Å². The van der Waals surface area contributed by atoms with Gasteiger partial charge in [-0.25, -0.2) is 0 Å². The third kappa shape index (κ3) is 5.25. The summed E-state index contributed by atoms with van der Waals surface area (Å²) >= 11 is 0. The highest BCUT2D eigenvalue weighted by Crippen LogP contribution is 2.21. The predicted octanol–water partition coefficient (Wildman–Crippen LogP) is 3.52. The van der Waals surface area contributed by atoms with E-state index >= 15 is 0 Å². The fourth-order valence-electron chi connectivity index (χ4n) is 2.72. The van der Waals surface area contributed by atoms with Gasteiger partial charge in [0.05, 0.1) is 0 Å². The predicted molar refractivity (Wildman–Crippen MR) is 97.6 cm³/mol. The van der Waals surface area contributed by atoms with E-state index in [1.54, 1.807) is 0 Å². The van der Waals surface area contributed by atoms with Crippen molar-refractivity contribution >= 4 is 18.3 Å². The lowest BCUT2D eigenvalue weighted by atomic mass is 9.97. The summed E-state index contributed by atoms with van der Waals surface area (Å²) in [6.45, 7) is 2.43. The Balaban J connectivity index is 0.00000208. The Kier molecular flexibility index (Phi) is 7.09. The standard InChI is InChI=1S/C19H22N2O2.ClH/c22-19(16-10-12-20-13-11-16)21-14-15-6-8-18(9-7-15)23-17-4-2-1-3-5-17;/h1-9,16,20H,10-14H2,(H,21,22);1H. The topological polar surface area (TPSA) is 50.4 Å². The first-order chi connectivity index (χ1) is 11.3. The van der Waals surface area contributed by atoms with Crippen LogP contribution in [0.2, 0.25) is 0 Å². The fraction of sp³-hybridized carbons (Fsp3) is 0.316. The van der Waals surface area contributed by atoms with Crippen molar-refractivity contribution in [1.29, 1.82) is 0 Å². The largest absolute Gasteiger partial charge is 0.457 e. The molecule has 1 aliphatic heterocycles. The molecule has 0 saturated carbocycles. The second-order valence-electron chi connectivity index (χ2n) is 5.80. The van der Waals surface area contributed by atoms with E-state index in [1.165, 1.54) is 0 Å². The number of piperidine rings is 1. The zero-order valence-electron chi connectivity index (χ0n) is 13.5. The summed E-state index contributed by atoms with van der Waals surface area (Å²) in [5.74, 6) is 1.93. The third-order valence-electron chi connectivity index (χ3n) is 4.08. The number of nitrogens with one attached hydrogen (secondary N) is 2. The summed E-state index contributed by atoms with van der Waals surface area (Å²) in [6, 6.07) is 17.5. The van der Waals surface area contributed by atoms with E-state index in [-0.39, 0.29) is 24.2 Å². The van der Waals surface area contributed by atoms with Crippen LogP contribution in [0.15, 0.2) is 54.6 Å². The molecule has 1 fully saturated rings. The molecule has 0 aromatic heterocycles. The smallest absolute Gasteiger partial charge is 0.223 e. The van der Waals surface area contributed by atoms with Gasteiger partial charge in [0.1, 0.15) is 11.5 Å². The first-order valence-electron chi connectivity index (χ1n) is 8.11. The van der Waals surface area contributed by atoms with Crippen molar-refractivity contribution in [2.45, 2.75) is 19.4 Å². The minimum atomic E-state index is 0. The monoisotopic (exact) mass is 346 g/mol. The van der Waals surface area contributed by atoms with E-state index in [9.17, 15) is 4.79 Å². The number of halogens is 1. The average molecular weight is 347 g/mol. The number of hydrogen-bond donors (Lipinski definition) is 2. The fourth-order valence-corrected chi connectivity index (χ4v) is 2.72. The molecule has 2 N–H and O–H groups in total. The highest BCUT2D eigenvalue weighted by atomic mass is 35.5. The summed E-state index contributed by atoms with van der Waals surface area (Å²) in [7, 11) is 0. The average Bonchev–Trinajstić information content (AvgIpc) is 2.62. The molecule has 5 heteroatoms. The molecule has 1 amide bonds. The molecule has 2 aromatic rings. The minimum absolute atomic E-state index is 0. The lowest BCUT2D eigenvalue weighted by molar-refractivity contribution is -0.125. The zero-order chi connectivity index (χ0) is 15.9. The summed E-state index contributed by atoms with van der Waals surface area (Å²) in [5, 5.41) is 6.31. The lowest BCUT2D eigenvalue weighted by Gasteiger charge is -2.21. The second kappa shape index (κ2) is 9.30. The van der Waals surface area contributed by atoms with Gasteiger partial charge in [-0.15, -0.1) is 12.4 Å². The molecule has 3 rings (SSSR count). The molecule has 128 valence electrons. The Morgan fingerprint density at radius 2 is 1.62 bits per heavy atom. The van der Waals surface area contributed by atoms with Crippen molar-refractivity contribution in [2.75, 3.05) is 13.1 Å². The highest BCUT2D eigenvalue weighted by molar-refractivity contribution is 5.85. The van der Waals surface area contributed by atoms with Crippen molar-refractivity contribution < 1.29 is 9.53 Å². The lowest BCUT2D eigenvalue weighted by Crippen LogP contribution is -2.37. The van der Waals surface area contributed by atoms with Crippen LogP contribution < -0.4 is 15.4 Å². The molecule has 1 saturated heterocycles. The molecule has 0 radical (unpaired) electrons. The number of hydrogen-bond acceptors (Lipinski definition) is 3. The Bertz CT molecular complexity index is 626. The maximum absolute atomic E-state index is 12.1. The van der Waals surface area contributed by atoms with Crippen LogP contribution in [-0.2, 0) is 11.3 Å². The summed E-state index contributed by atoms with van der Waals surface area (Å²) in [6.07, 6.45) is 1.85. The van der Waals surface area contributed by atoms with Crippen LogP contribution in [-0.4, -0.2) is 19.0 Å². The molecular formula is C19H23ClN2O2. The Labute approximate surface area is 149 Å². The molecule has 0 bridgehead atoms. The molecular weight excluding hydrogens is 324 g/mol. The molecule has 0 unspecified atom stereocenters. The summed E-state index contributed by atoms with van der Waals surface area (Å²) in [4.78, 5) is 12.1. The maximum atomic E-state index is 12.1. The third-order valence-corrected chi connectivity index (χ3v) is 4.08. The van der Waals surface area contributed by atoms with Gasteiger partial charge in [-0.3, -0.25) is 4.79 Å². The Morgan fingerprint density at radius 3 is 2.29 bits per heavy atom. The van der Waals surface area contributed by atoms with Crippen molar-refractivity contribution in [2.24, 2.45) is 5.92 Å². The van der Waals surface area contributed by atoms with Crippen LogP contribution in [0, 0.1) is 5.92 Å².